The lowest BCUT2D eigenvalue weighted by Crippen LogP contribution is -2.70. The van der Waals surface area contributed by atoms with Crippen molar-refractivity contribution in [2.75, 3.05) is 30.3 Å². The van der Waals surface area contributed by atoms with Gasteiger partial charge in [-0.25, -0.2) is 0 Å². The molecule has 35 heavy (non-hydrogen) atoms. The van der Waals surface area contributed by atoms with Gasteiger partial charge in [-0.1, -0.05) is 29.6 Å². The Kier molecular flexibility index (Phi) is 6.53. The molecule has 2 aromatic heterocycles. The smallest absolute Gasteiger partial charge is 0.151 e. The molecule has 8 nitrogen and oxygen atoms in total. The van der Waals surface area contributed by atoms with Crippen LogP contribution < -0.4 is 20.7 Å². The van der Waals surface area contributed by atoms with Gasteiger partial charge in [-0.15, -0.1) is 10.2 Å². The minimum atomic E-state index is -0.429. The van der Waals surface area contributed by atoms with Crippen LogP contribution in [0.3, 0.4) is 0 Å². The topological polar surface area (TPSA) is 113 Å². The second-order valence-corrected chi connectivity index (χ2v) is 10.0. The van der Waals surface area contributed by atoms with Crippen molar-refractivity contribution < 1.29 is 4.74 Å². The molecule has 1 atom stereocenters. The maximum absolute atomic E-state index is 8.70. The number of nitrogens with zero attached hydrogens (tertiary/aromatic N) is 4. The first kappa shape index (κ1) is 23.8. The van der Waals surface area contributed by atoms with Crippen molar-refractivity contribution in [3.63, 3.8) is 0 Å². The van der Waals surface area contributed by atoms with Crippen molar-refractivity contribution in [3.8, 4) is 5.75 Å². The highest BCUT2D eigenvalue weighted by Crippen LogP contribution is 2.34. The number of hydrogen-bond donors (Lipinski definition) is 3. The predicted molar refractivity (Wildman–Crippen MR) is 139 cm³/mol. The molecule has 2 aliphatic heterocycles. The van der Waals surface area contributed by atoms with Gasteiger partial charge in [0.2, 0.25) is 0 Å². The second-order valence-electron chi connectivity index (χ2n) is 9.20. The third kappa shape index (κ3) is 4.78. The van der Waals surface area contributed by atoms with Gasteiger partial charge in [0.1, 0.15) is 17.5 Å². The maximum atomic E-state index is 8.70. The Labute approximate surface area is 214 Å². The zero-order valence-electron chi connectivity index (χ0n) is 19.4. The zero-order chi connectivity index (χ0) is 24.6. The highest BCUT2D eigenvalue weighted by atomic mass is 35.5. The summed E-state index contributed by atoms with van der Waals surface area (Å²) in [4.78, 5) is 6.20. The van der Waals surface area contributed by atoms with Crippen LogP contribution in [-0.4, -0.2) is 46.1 Å². The summed E-state index contributed by atoms with van der Waals surface area (Å²) in [5.74, 6) is 1.36. The maximum Gasteiger partial charge on any atom is 0.151 e. The summed E-state index contributed by atoms with van der Waals surface area (Å²) in [5, 5.41) is 21.9. The quantitative estimate of drug-likeness (QED) is 0.326. The van der Waals surface area contributed by atoms with Crippen LogP contribution in [0.15, 0.2) is 42.7 Å². The van der Waals surface area contributed by atoms with Crippen molar-refractivity contribution in [2.45, 2.75) is 37.8 Å². The first-order valence-corrected chi connectivity index (χ1v) is 12.4. The number of anilines is 2. The molecule has 0 aliphatic carbocycles. The average Bonchev–Trinajstić information content (AvgIpc) is 2.84. The van der Waals surface area contributed by atoms with Crippen LogP contribution in [0.1, 0.15) is 49.1 Å². The molecule has 4 N–H and O–H groups in total. The van der Waals surface area contributed by atoms with Crippen LogP contribution in [-0.2, 0) is 0 Å². The first-order valence-electron chi connectivity index (χ1n) is 11.6. The van der Waals surface area contributed by atoms with E-state index in [4.69, 9.17) is 39.1 Å². The zero-order valence-corrected chi connectivity index (χ0v) is 20.9. The summed E-state index contributed by atoms with van der Waals surface area (Å²) >= 11 is 12.5. The van der Waals surface area contributed by atoms with Crippen LogP contribution in [0.2, 0.25) is 10.0 Å². The second kappa shape index (κ2) is 9.60. The fraction of sp³-hybridized carbons (Fsp3) is 0.360. The summed E-state index contributed by atoms with van der Waals surface area (Å²) < 4.78 is 6.07. The average molecular weight is 512 g/mol. The third-order valence-corrected chi connectivity index (χ3v) is 7.31. The number of benzene rings is 1. The number of nitrogens with one attached hydrogen (secondary N) is 2. The minimum absolute atomic E-state index is 0.175. The van der Waals surface area contributed by atoms with E-state index in [0.717, 1.165) is 25.5 Å². The molecule has 2 fully saturated rings. The largest absolute Gasteiger partial charge is 0.486 e. The van der Waals surface area contributed by atoms with Gasteiger partial charge in [-0.3, -0.25) is 10.4 Å². The number of aromatic nitrogens is 3. The standard InChI is InChI=1S/C25H27Cl2N7O/c1-15(23-18(26)11-30-12-19(23)27)35-16-4-5-20(28)17(10-16)24(29)21-6-7-22(33-32-21)34-13-25(14-34)8-2-3-9-31-25/h4-7,10-12,15,29,31H,2-3,8-9,13-14,28H2,1H3/t15-/m1/s1. The molecule has 2 aliphatic rings. The Balaban J connectivity index is 1.29. The van der Waals surface area contributed by atoms with Crippen LogP contribution in [0.4, 0.5) is 11.5 Å². The van der Waals surface area contributed by atoms with Crippen molar-refractivity contribution in [1.29, 1.82) is 5.41 Å². The first-order chi connectivity index (χ1) is 16.8. The number of halogens is 2. The Bertz CT molecular complexity index is 1220. The molecule has 0 bridgehead atoms. The SMILES string of the molecule is C[C@@H](Oc1ccc(N)c(C(=N)c2ccc(N3CC4(CCCCN4)C3)nn2)c1)c1c(Cl)cncc1Cl. The van der Waals surface area contributed by atoms with Crippen molar-refractivity contribution >= 4 is 40.4 Å². The molecular formula is C25H27Cl2N7O. The molecule has 3 aromatic rings. The van der Waals surface area contributed by atoms with Crippen molar-refractivity contribution in [2.24, 2.45) is 0 Å². The van der Waals surface area contributed by atoms with Gasteiger partial charge in [0.05, 0.1) is 21.3 Å². The fourth-order valence-electron chi connectivity index (χ4n) is 4.81. The number of ether oxygens (including phenoxy) is 1. The number of nitrogen functional groups attached to an aromatic ring is 1. The number of hydrogen-bond acceptors (Lipinski definition) is 8. The molecule has 5 rings (SSSR count). The molecule has 1 spiro atoms. The Morgan fingerprint density at radius 2 is 1.91 bits per heavy atom. The van der Waals surface area contributed by atoms with Gasteiger partial charge in [0.15, 0.2) is 5.82 Å². The number of rotatable bonds is 6. The van der Waals surface area contributed by atoms with Crippen LogP contribution in [0, 0.1) is 5.41 Å². The van der Waals surface area contributed by atoms with Crippen LogP contribution in [0.5, 0.6) is 5.75 Å². The van der Waals surface area contributed by atoms with E-state index in [-0.39, 0.29) is 11.3 Å². The highest BCUT2D eigenvalue weighted by Gasteiger charge is 2.44. The van der Waals surface area contributed by atoms with Crippen molar-refractivity contribution in [3.05, 3.63) is 69.6 Å². The third-order valence-electron chi connectivity index (χ3n) is 6.70. The van der Waals surface area contributed by atoms with E-state index in [1.807, 2.05) is 19.1 Å². The van der Waals surface area contributed by atoms with Gasteiger partial charge >= 0.3 is 0 Å². The number of nitrogens with two attached hydrogens (primary N) is 1. The summed E-state index contributed by atoms with van der Waals surface area (Å²) in [7, 11) is 0. The van der Waals surface area contributed by atoms with E-state index >= 15 is 0 Å². The predicted octanol–water partition coefficient (Wildman–Crippen LogP) is 4.65. The molecule has 10 heteroatoms. The van der Waals surface area contributed by atoms with Crippen LogP contribution >= 0.6 is 23.2 Å². The summed E-state index contributed by atoms with van der Waals surface area (Å²) in [6, 6.07) is 8.91. The molecule has 0 amide bonds. The van der Waals surface area contributed by atoms with E-state index < -0.39 is 6.10 Å². The van der Waals surface area contributed by atoms with E-state index in [1.54, 1.807) is 18.2 Å². The Morgan fingerprint density at radius 1 is 1.14 bits per heavy atom. The molecule has 182 valence electrons. The van der Waals surface area contributed by atoms with E-state index in [9.17, 15) is 0 Å². The van der Waals surface area contributed by atoms with E-state index in [1.165, 1.54) is 31.7 Å². The molecular weight excluding hydrogens is 485 g/mol. The molecule has 4 heterocycles. The lowest BCUT2D eigenvalue weighted by molar-refractivity contribution is 0.201. The normalized spacial score (nSPS) is 17.6. The van der Waals surface area contributed by atoms with E-state index in [2.05, 4.69) is 25.4 Å². The fourth-order valence-corrected chi connectivity index (χ4v) is 5.48. The summed E-state index contributed by atoms with van der Waals surface area (Å²) in [5.41, 5.74) is 8.65. The monoisotopic (exact) mass is 511 g/mol. The molecule has 0 saturated carbocycles. The molecule has 2 saturated heterocycles. The molecule has 1 aromatic carbocycles. The molecule has 0 radical (unpaired) electrons. The number of piperidine rings is 1. The van der Waals surface area contributed by atoms with Gasteiger partial charge in [-0.2, -0.15) is 0 Å². The lowest BCUT2D eigenvalue weighted by Gasteiger charge is -2.53. The van der Waals surface area contributed by atoms with E-state index in [0.29, 0.717) is 38.3 Å². The molecule has 0 unspecified atom stereocenters. The summed E-state index contributed by atoms with van der Waals surface area (Å²) in [6.07, 6.45) is 6.35. The lowest BCUT2D eigenvalue weighted by atomic mass is 9.82. The Morgan fingerprint density at radius 3 is 2.57 bits per heavy atom. The van der Waals surface area contributed by atoms with Crippen LogP contribution in [0.25, 0.3) is 0 Å². The Hall–Kier alpha value is -2.94. The highest BCUT2D eigenvalue weighted by molar-refractivity contribution is 6.35. The number of pyridine rings is 1. The van der Waals surface area contributed by atoms with Gasteiger partial charge in [0, 0.05) is 42.3 Å². The van der Waals surface area contributed by atoms with Gasteiger partial charge < -0.3 is 20.7 Å². The minimum Gasteiger partial charge on any atom is -0.486 e. The van der Waals surface area contributed by atoms with Gasteiger partial charge in [0.25, 0.3) is 0 Å². The van der Waals surface area contributed by atoms with Gasteiger partial charge in [-0.05, 0) is 56.6 Å². The summed E-state index contributed by atoms with van der Waals surface area (Å²) in [6.45, 7) is 4.81. The van der Waals surface area contributed by atoms with Crippen molar-refractivity contribution in [1.82, 2.24) is 20.5 Å².